The lowest BCUT2D eigenvalue weighted by Gasteiger charge is -2.38. The lowest BCUT2D eigenvalue weighted by atomic mass is 9.66. The van der Waals surface area contributed by atoms with Crippen LogP contribution in [0.1, 0.15) is 25.0 Å². The highest BCUT2D eigenvalue weighted by atomic mass is 16.3. The van der Waals surface area contributed by atoms with E-state index in [0.717, 1.165) is 83.6 Å². The van der Waals surface area contributed by atoms with Crippen molar-refractivity contribution in [3.63, 3.8) is 0 Å². The molecule has 0 atom stereocenters. The molecule has 16 rings (SSSR count). The Kier molecular flexibility index (Phi) is 10.6. The Morgan fingerprint density at radius 3 is 1.27 bits per heavy atom. The molecule has 2 heterocycles. The molecular formula is C77H52N2O2. The topological polar surface area (TPSA) is 32.8 Å². The van der Waals surface area contributed by atoms with Gasteiger partial charge in [0.15, 0.2) is 11.2 Å². The summed E-state index contributed by atoms with van der Waals surface area (Å²) in [5.41, 5.74) is 21.3. The first-order valence-electron chi connectivity index (χ1n) is 27.9. The van der Waals surface area contributed by atoms with Crippen LogP contribution < -0.4 is 9.80 Å². The fourth-order valence-corrected chi connectivity index (χ4v) is 13.2. The van der Waals surface area contributed by atoms with Crippen molar-refractivity contribution in [2.75, 3.05) is 9.80 Å². The van der Waals surface area contributed by atoms with Crippen molar-refractivity contribution in [1.29, 1.82) is 0 Å². The molecule has 4 nitrogen and oxygen atoms in total. The fraction of sp³-hybridized carbons (Fsp3) is 0.0390. The van der Waals surface area contributed by atoms with E-state index in [2.05, 4.69) is 291 Å². The Morgan fingerprint density at radius 2 is 0.716 bits per heavy atom. The van der Waals surface area contributed by atoms with Crippen LogP contribution in [0.3, 0.4) is 0 Å². The van der Waals surface area contributed by atoms with Crippen molar-refractivity contribution < 1.29 is 8.83 Å². The zero-order valence-corrected chi connectivity index (χ0v) is 44.8. The molecule has 0 saturated heterocycles. The third-order valence-electron chi connectivity index (χ3n) is 17.0. The molecule has 4 heteroatoms. The standard InChI is InChI=1S/C77H52N2O2/c1-77(2)66-30-16-27-60-65-47-56(78(54-39-35-51(36-40-54)49-19-6-3-7-20-49)68-31-17-28-62-58-25-12-14-33-70(58)80-75(62)68)43-45-61(65)72(53-23-10-5-11-24-53)74(73(60)66)64-46-44-57(48-67(64)77)79(55-41-37-52(38-42-55)50-21-8-4-9-22-50)69-32-18-29-63-59-26-13-15-34-71(59)81-76(63)69/h3-48H,1-2H3. The summed E-state index contributed by atoms with van der Waals surface area (Å²) in [6.07, 6.45) is 0. The fourth-order valence-electron chi connectivity index (χ4n) is 13.2. The van der Waals surface area contributed by atoms with E-state index < -0.39 is 5.41 Å². The van der Waals surface area contributed by atoms with Gasteiger partial charge < -0.3 is 18.6 Å². The van der Waals surface area contributed by atoms with Crippen molar-refractivity contribution in [2.45, 2.75) is 19.3 Å². The second-order valence-electron chi connectivity index (χ2n) is 21.9. The third-order valence-corrected chi connectivity index (χ3v) is 17.0. The molecule has 0 bridgehead atoms. The second-order valence-corrected chi connectivity index (χ2v) is 21.9. The quantitative estimate of drug-likeness (QED) is 0.135. The maximum absolute atomic E-state index is 6.82. The summed E-state index contributed by atoms with van der Waals surface area (Å²) >= 11 is 0. The predicted molar refractivity (Wildman–Crippen MR) is 339 cm³/mol. The van der Waals surface area contributed by atoms with Gasteiger partial charge in [0, 0.05) is 49.7 Å². The van der Waals surface area contributed by atoms with Crippen molar-refractivity contribution in [3.05, 3.63) is 290 Å². The highest BCUT2D eigenvalue weighted by Crippen LogP contribution is 2.57. The second kappa shape index (κ2) is 18.3. The first-order valence-corrected chi connectivity index (χ1v) is 27.9. The Bertz CT molecular complexity index is 4940. The lowest BCUT2D eigenvalue weighted by Crippen LogP contribution is -2.24. The number of hydrogen-bond donors (Lipinski definition) is 0. The molecular weight excluding hydrogens is 985 g/mol. The van der Waals surface area contributed by atoms with E-state index in [9.17, 15) is 0 Å². The van der Waals surface area contributed by atoms with Gasteiger partial charge in [-0.05, 0) is 150 Å². The summed E-state index contributed by atoms with van der Waals surface area (Å²) in [6, 6.07) is 101. The normalized spacial score (nSPS) is 12.7. The van der Waals surface area contributed by atoms with Gasteiger partial charge >= 0.3 is 0 Å². The van der Waals surface area contributed by atoms with Crippen LogP contribution in [0.2, 0.25) is 0 Å². The number of anilines is 6. The van der Waals surface area contributed by atoms with Gasteiger partial charge in [0.2, 0.25) is 0 Å². The highest BCUT2D eigenvalue weighted by Gasteiger charge is 2.37. The molecule has 0 saturated carbocycles. The summed E-state index contributed by atoms with van der Waals surface area (Å²) in [7, 11) is 0. The van der Waals surface area contributed by atoms with Crippen LogP contribution >= 0.6 is 0 Å². The van der Waals surface area contributed by atoms with E-state index >= 15 is 0 Å². The van der Waals surface area contributed by atoms with E-state index in [1.807, 2.05) is 12.1 Å². The molecule has 13 aromatic carbocycles. The maximum atomic E-state index is 6.82. The molecule has 0 fully saturated rings. The average molecular weight is 1040 g/mol. The van der Waals surface area contributed by atoms with Crippen molar-refractivity contribution in [2.24, 2.45) is 0 Å². The number of nitrogens with zero attached hydrogens (tertiary/aromatic N) is 2. The summed E-state index contributed by atoms with van der Waals surface area (Å²) < 4.78 is 13.6. The van der Waals surface area contributed by atoms with Crippen molar-refractivity contribution >= 4 is 99.5 Å². The molecule has 0 spiro atoms. The number of rotatable bonds is 9. The molecule has 0 radical (unpaired) electrons. The molecule has 0 aliphatic heterocycles. The molecule has 0 amide bonds. The monoisotopic (exact) mass is 1040 g/mol. The van der Waals surface area contributed by atoms with E-state index in [1.54, 1.807) is 0 Å². The summed E-state index contributed by atoms with van der Waals surface area (Å²) in [5.74, 6) is 0. The van der Waals surface area contributed by atoms with Gasteiger partial charge in [-0.15, -0.1) is 0 Å². The number of hydrogen-bond acceptors (Lipinski definition) is 4. The molecule has 0 unspecified atom stereocenters. The van der Waals surface area contributed by atoms with Gasteiger partial charge in [-0.1, -0.05) is 220 Å². The van der Waals surface area contributed by atoms with Crippen LogP contribution in [-0.2, 0) is 5.41 Å². The van der Waals surface area contributed by atoms with Crippen LogP contribution in [0.15, 0.2) is 288 Å². The predicted octanol–water partition coefficient (Wildman–Crippen LogP) is 22.0. The van der Waals surface area contributed by atoms with Crippen LogP contribution in [0.4, 0.5) is 34.1 Å². The van der Waals surface area contributed by atoms with Crippen LogP contribution in [0, 0.1) is 0 Å². The SMILES string of the molecule is CC1(C)c2cc(N(c3ccc(-c4ccccc4)cc3)c3cccc4c3oc3ccccc34)ccc2-c2c(-c3ccccc3)c3ccc(N(c4ccc(-c5ccccc5)cc4)c4cccc5c4oc4ccccc45)cc3c3cccc1c23. The summed E-state index contributed by atoms with van der Waals surface area (Å²) in [6.45, 7) is 4.81. The van der Waals surface area contributed by atoms with Gasteiger partial charge in [-0.25, -0.2) is 0 Å². The number of furan rings is 2. The van der Waals surface area contributed by atoms with Gasteiger partial charge in [0.05, 0.1) is 11.4 Å². The highest BCUT2D eigenvalue weighted by molar-refractivity contribution is 6.25. The largest absolute Gasteiger partial charge is 0.454 e. The number of benzene rings is 13. The van der Waals surface area contributed by atoms with E-state index in [-0.39, 0.29) is 0 Å². The first-order chi connectivity index (χ1) is 39.9. The van der Waals surface area contributed by atoms with Crippen LogP contribution in [0.25, 0.3) is 110 Å². The van der Waals surface area contributed by atoms with Gasteiger partial charge in [-0.3, -0.25) is 0 Å². The van der Waals surface area contributed by atoms with Crippen molar-refractivity contribution in [1.82, 2.24) is 0 Å². The molecule has 1 aliphatic rings. The minimum atomic E-state index is -0.408. The lowest BCUT2D eigenvalue weighted by molar-refractivity contribution is 0.645. The number of fused-ring (bicyclic) bond motifs is 10. The Hall–Kier alpha value is -10.4. The van der Waals surface area contributed by atoms with Gasteiger partial charge in [-0.2, -0.15) is 0 Å². The average Bonchev–Trinajstić information content (AvgIpc) is 3.51. The third kappa shape index (κ3) is 7.37. The zero-order valence-electron chi connectivity index (χ0n) is 44.8. The molecule has 382 valence electrons. The summed E-state index contributed by atoms with van der Waals surface area (Å²) in [5, 5.41) is 9.26. The Morgan fingerprint density at radius 1 is 0.284 bits per heavy atom. The Labute approximate surface area is 469 Å². The summed E-state index contributed by atoms with van der Waals surface area (Å²) in [4.78, 5) is 4.77. The van der Waals surface area contributed by atoms with E-state index in [0.29, 0.717) is 0 Å². The minimum absolute atomic E-state index is 0.408. The zero-order chi connectivity index (χ0) is 53.8. The van der Waals surface area contributed by atoms with E-state index in [1.165, 1.54) is 71.6 Å². The molecule has 81 heavy (non-hydrogen) atoms. The molecule has 2 aromatic heterocycles. The minimum Gasteiger partial charge on any atom is -0.454 e. The smallest absolute Gasteiger partial charge is 0.159 e. The molecule has 1 aliphatic carbocycles. The molecule has 15 aromatic rings. The first kappa shape index (κ1) is 46.7. The van der Waals surface area contributed by atoms with E-state index in [4.69, 9.17) is 8.83 Å². The molecule has 0 N–H and O–H groups in total. The maximum Gasteiger partial charge on any atom is 0.159 e. The Balaban J connectivity index is 0.918. The van der Waals surface area contributed by atoms with Gasteiger partial charge in [0.1, 0.15) is 11.2 Å². The number of para-hydroxylation sites is 4. The van der Waals surface area contributed by atoms with Gasteiger partial charge in [0.25, 0.3) is 0 Å². The van der Waals surface area contributed by atoms with Crippen molar-refractivity contribution in [3.8, 4) is 44.5 Å². The van der Waals surface area contributed by atoms with Crippen LogP contribution in [0.5, 0.6) is 0 Å². The van der Waals surface area contributed by atoms with Crippen LogP contribution in [-0.4, -0.2) is 0 Å².